The van der Waals surface area contributed by atoms with E-state index in [1.54, 1.807) is 7.11 Å². The summed E-state index contributed by atoms with van der Waals surface area (Å²) in [5.74, 6) is 1.48. The molecule has 0 N–H and O–H groups in total. The Kier molecular flexibility index (Phi) is 3.95. The van der Waals surface area contributed by atoms with Crippen LogP contribution in [0.5, 0.6) is 5.75 Å². The standard InChI is InChI=1S/C18H22N2O3S/c1-23-14-7-5-13(6-8-14)11-19-16(21)15-12-24-18(20(15)17(19)22)9-3-2-4-10-18/h5-8,15H,2-4,9-12H2,1H3/t15-/m0/s1. The Bertz CT molecular complexity index is 655. The summed E-state index contributed by atoms with van der Waals surface area (Å²) < 4.78 is 5.16. The summed E-state index contributed by atoms with van der Waals surface area (Å²) in [5, 5.41) is 0. The maximum atomic E-state index is 13.0. The van der Waals surface area contributed by atoms with Gasteiger partial charge in [0.15, 0.2) is 0 Å². The predicted octanol–water partition coefficient (Wildman–Crippen LogP) is 3.24. The predicted molar refractivity (Wildman–Crippen MR) is 92.8 cm³/mol. The van der Waals surface area contributed by atoms with Crippen molar-refractivity contribution in [3.63, 3.8) is 0 Å². The van der Waals surface area contributed by atoms with E-state index in [9.17, 15) is 9.59 Å². The van der Waals surface area contributed by atoms with Crippen LogP contribution < -0.4 is 4.74 Å². The molecule has 2 aliphatic heterocycles. The van der Waals surface area contributed by atoms with Gasteiger partial charge in [0.2, 0.25) is 0 Å². The number of rotatable bonds is 3. The smallest absolute Gasteiger partial charge is 0.328 e. The third-order valence-electron chi connectivity index (χ3n) is 5.38. The van der Waals surface area contributed by atoms with Crippen LogP contribution >= 0.6 is 11.8 Å². The number of ether oxygens (including phenoxy) is 1. The maximum Gasteiger partial charge on any atom is 0.328 e. The molecule has 1 aliphatic carbocycles. The maximum absolute atomic E-state index is 13.0. The molecule has 0 bridgehead atoms. The van der Waals surface area contributed by atoms with E-state index in [1.807, 2.05) is 40.9 Å². The normalized spacial score (nSPS) is 25.5. The Labute approximate surface area is 146 Å². The lowest BCUT2D eigenvalue weighted by molar-refractivity contribution is -0.128. The summed E-state index contributed by atoms with van der Waals surface area (Å²) in [6.07, 6.45) is 5.57. The van der Waals surface area contributed by atoms with Crippen molar-refractivity contribution in [3.8, 4) is 5.75 Å². The van der Waals surface area contributed by atoms with Gasteiger partial charge in [-0.2, -0.15) is 0 Å². The molecule has 1 saturated carbocycles. The first-order chi connectivity index (χ1) is 11.6. The second-order valence-corrected chi connectivity index (χ2v) is 8.14. The Morgan fingerprint density at radius 2 is 1.88 bits per heavy atom. The monoisotopic (exact) mass is 346 g/mol. The summed E-state index contributed by atoms with van der Waals surface area (Å²) in [4.78, 5) is 29.0. The van der Waals surface area contributed by atoms with E-state index in [0.717, 1.165) is 42.7 Å². The highest BCUT2D eigenvalue weighted by Gasteiger charge is 2.59. The van der Waals surface area contributed by atoms with E-state index < -0.39 is 0 Å². The van der Waals surface area contributed by atoms with E-state index >= 15 is 0 Å². The number of benzene rings is 1. The molecular formula is C18H22N2O3S. The van der Waals surface area contributed by atoms with Crippen LogP contribution in [0.4, 0.5) is 4.79 Å². The number of carbonyl (C=O) groups is 2. The van der Waals surface area contributed by atoms with Crippen LogP contribution in [0.3, 0.4) is 0 Å². The van der Waals surface area contributed by atoms with Crippen LogP contribution in [0, 0.1) is 0 Å². The van der Waals surface area contributed by atoms with Crippen LogP contribution in [0.2, 0.25) is 0 Å². The van der Waals surface area contributed by atoms with Gasteiger partial charge in [0, 0.05) is 5.75 Å². The molecule has 3 amide bonds. The quantitative estimate of drug-likeness (QED) is 0.789. The lowest BCUT2D eigenvalue weighted by Gasteiger charge is -2.39. The van der Waals surface area contributed by atoms with Gasteiger partial charge in [-0.15, -0.1) is 11.8 Å². The fraction of sp³-hybridized carbons (Fsp3) is 0.556. The molecule has 4 rings (SSSR count). The lowest BCUT2D eigenvalue weighted by atomic mass is 9.93. The topological polar surface area (TPSA) is 49.9 Å². The zero-order chi connectivity index (χ0) is 16.7. The molecule has 0 radical (unpaired) electrons. The number of carbonyl (C=O) groups excluding carboxylic acids is 2. The highest BCUT2D eigenvalue weighted by Crippen LogP contribution is 2.51. The number of fused-ring (bicyclic) bond motifs is 2. The minimum Gasteiger partial charge on any atom is -0.497 e. The summed E-state index contributed by atoms with van der Waals surface area (Å²) >= 11 is 1.82. The molecule has 3 aliphatic rings. The molecule has 1 spiro atoms. The minimum atomic E-state index is -0.265. The van der Waals surface area contributed by atoms with E-state index in [0.29, 0.717) is 6.54 Å². The lowest BCUT2D eigenvalue weighted by Crippen LogP contribution is -2.48. The fourth-order valence-corrected chi connectivity index (χ4v) is 5.79. The molecule has 0 aromatic heterocycles. The summed E-state index contributed by atoms with van der Waals surface area (Å²) in [7, 11) is 1.62. The van der Waals surface area contributed by atoms with Crippen LogP contribution in [-0.2, 0) is 11.3 Å². The molecule has 1 aromatic rings. The van der Waals surface area contributed by atoms with Gasteiger partial charge in [0.05, 0.1) is 18.5 Å². The number of methoxy groups -OCH3 is 1. The Hall–Kier alpha value is -1.69. The zero-order valence-electron chi connectivity index (χ0n) is 13.9. The van der Waals surface area contributed by atoms with E-state index in [2.05, 4.69) is 0 Å². The average molecular weight is 346 g/mol. The van der Waals surface area contributed by atoms with E-state index in [-0.39, 0.29) is 22.9 Å². The van der Waals surface area contributed by atoms with Crippen molar-refractivity contribution in [1.82, 2.24) is 9.80 Å². The molecular weight excluding hydrogens is 324 g/mol. The Morgan fingerprint density at radius 1 is 1.17 bits per heavy atom. The van der Waals surface area contributed by atoms with Crippen molar-refractivity contribution in [3.05, 3.63) is 29.8 Å². The second-order valence-electron chi connectivity index (χ2n) is 6.76. The van der Waals surface area contributed by atoms with Gasteiger partial charge in [-0.1, -0.05) is 31.4 Å². The number of hydrogen-bond acceptors (Lipinski definition) is 4. The summed E-state index contributed by atoms with van der Waals surface area (Å²) in [6, 6.07) is 7.17. The van der Waals surface area contributed by atoms with Crippen molar-refractivity contribution in [2.45, 2.75) is 49.6 Å². The van der Waals surface area contributed by atoms with Crippen LogP contribution in [0.1, 0.15) is 37.7 Å². The molecule has 3 fully saturated rings. The summed E-state index contributed by atoms with van der Waals surface area (Å²) in [6.45, 7) is 0.343. The minimum absolute atomic E-state index is 0.0363. The molecule has 24 heavy (non-hydrogen) atoms. The number of hydrogen-bond donors (Lipinski definition) is 0. The van der Waals surface area contributed by atoms with E-state index in [4.69, 9.17) is 4.74 Å². The molecule has 2 heterocycles. The molecule has 1 aromatic carbocycles. The largest absolute Gasteiger partial charge is 0.497 e. The van der Waals surface area contributed by atoms with Gasteiger partial charge in [0.1, 0.15) is 11.8 Å². The van der Waals surface area contributed by atoms with Gasteiger partial charge < -0.3 is 4.74 Å². The van der Waals surface area contributed by atoms with Crippen LogP contribution in [0.25, 0.3) is 0 Å². The van der Waals surface area contributed by atoms with Crippen molar-refractivity contribution in [2.24, 2.45) is 0 Å². The van der Waals surface area contributed by atoms with Crippen molar-refractivity contribution >= 4 is 23.7 Å². The van der Waals surface area contributed by atoms with Gasteiger partial charge in [-0.3, -0.25) is 14.6 Å². The fourth-order valence-electron chi connectivity index (χ4n) is 4.10. The van der Waals surface area contributed by atoms with E-state index in [1.165, 1.54) is 11.3 Å². The first-order valence-electron chi connectivity index (χ1n) is 8.56. The summed E-state index contributed by atoms with van der Waals surface area (Å²) in [5.41, 5.74) is 0.948. The van der Waals surface area contributed by atoms with Gasteiger partial charge in [-0.25, -0.2) is 4.79 Å². The number of urea groups is 1. The van der Waals surface area contributed by atoms with Crippen LogP contribution in [0.15, 0.2) is 24.3 Å². The highest BCUT2D eigenvalue weighted by molar-refractivity contribution is 8.01. The molecule has 0 unspecified atom stereocenters. The number of imide groups is 1. The highest BCUT2D eigenvalue weighted by atomic mass is 32.2. The Balaban J connectivity index is 1.55. The molecule has 128 valence electrons. The number of nitrogens with zero attached hydrogens (tertiary/aromatic N) is 2. The third-order valence-corrected chi connectivity index (χ3v) is 7.01. The Morgan fingerprint density at radius 3 is 2.54 bits per heavy atom. The molecule has 1 atom stereocenters. The van der Waals surface area contributed by atoms with Crippen molar-refractivity contribution in [1.29, 1.82) is 0 Å². The van der Waals surface area contributed by atoms with Gasteiger partial charge in [0.25, 0.3) is 5.91 Å². The zero-order valence-corrected chi connectivity index (χ0v) is 14.7. The third kappa shape index (κ3) is 2.39. The van der Waals surface area contributed by atoms with Crippen molar-refractivity contribution < 1.29 is 14.3 Å². The molecule has 6 heteroatoms. The van der Waals surface area contributed by atoms with Gasteiger partial charge in [-0.05, 0) is 30.5 Å². The second kappa shape index (κ2) is 5.99. The van der Waals surface area contributed by atoms with Crippen LogP contribution in [-0.4, -0.2) is 45.5 Å². The molecule has 2 saturated heterocycles. The first kappa shape index (κ1) is 15.8. The number of amides is 3. The first-order valence-corrected chi connectivity index (χ1v) is 9.55. The van der Waals surface area contributed by atoms with Gasteiger partial charge >= 0.3 is 6.03 Å². The molecule has 5 nitrogen and oxygen atoms in total. The number of thioether (sulfide) groups is 1. The van der Waals surface area contributed by atoms with Crippen molar-refractivity contribution in [2.75, 3.05) is 12.9 Å². The SMILES string of the molecule is COc1ccc(CN2C(=O)[C@@H]3CSC4(CCCCC4)N3C2=O)cc1. The average Bonchev–Trinajstić information content (AvgIpc) is 3.09.